The van der Waals surface area contributed by atoms with Crippen LogP contribution in [0.1, 0.15) is 19.8 Å². The zero-order chi connectivity index (χ0) is 10.7. The second-order valence-electron chi connectivity index (χ2n) is 4.58. The number of aliphatic hydroxyl groups excluding tert-OH is 1. The number of ether oxygens (including phenoxy) is 2. The molecule has 0 radical (unpaired) electrons. The first-order valence-electron chi connectivity index (χ1n) is 5.87. The zero-order valence-electron chi connectivity index (χ0n) is 9.39. The third-order valence-corrected chi connectivity index (χ3v) is 3.21. The van der Waals surface area contributed by atoms with Gasteiger partial charge in [-0.3, -0.25) is 4.90 Å². The van der Waals surface area contributed by atoms with Crippen molar-refractivity contribution in [1.82, 2.24) is 4.90 Å². The van der Waals surface area contributed by atoms with Gasteiger partial charge in [-0.05, 0) is 19.8 Å². The molecule has 3 atom stereocenters. The van der Waals surface area contributed by atoms with Crippen LogP contribution < -0.4 is 0 Å². The summed E-state index contributed by atoms with van der Waals surface area (Å²) in [6.45, 7) is 5.73. The molecule has 2 heterocycles. The molecule has 2 aliphatic heterocycles. The van der Waals surface area contributed by atoms with Crippen molar-refractivity contribution in [2.45, 2.75) is 38.0 Å². The Hall–Kier alpha value is -0.160. The van der Waals surface area contributed by atoms with Gasteiger partial charge < -0.3 is 14.6 Å². The highest BCUT2D eigenvalue weighted by atomic mass is 16.5. The van der Waals surface area contributed by atoms with Crippen molar-refractivity contribution in [2.75, 3.05) is 32.9 Å². The molecule has 2 fully saturated rings. The molecule has 0 aromatic carbocycles. The number of hydrogen-bond acceptors (Lipinski definition) is 4. The first-order valence-corrected chi connectivity index (χ1v) is 5.87. The van der Waals surface area contributed by atoms with E-state index < -0.39 is 0 Å². The van der Waals surface area contributed by atoms with E-state index in [9.17, 15) is 0 Å². The Morgan fingerprint density at radius 2 is 2.27 bits per heavy atom. The molecule has 0 aromatic rings. The van der Waals surface area contributed by atoms with Gasteiger partial charge in [0.05, 0.1) is 25.4 Å². The average Bonchev–Trinajstić information content (AvgIpc) is 2.29. The summed E-state index contributed by atoms with van der Waals surface area (Å²) in [7, 11) is 0. The summed E-state index contributed by atoms with van der Waals surface area (Å²) in [5.74, 6) is 0. The molecular formula is C11H21NO3. The van der Waals surface area contributed by atoms with Crippen molar-refractivity contribution in [1.29, 1.82) is 0 Å². The first-order chi connectivity index (χ1) is 7.29. The molecule has 0 amide bonds. The lowest BCUT2D eigenvalue weighted by Crippen LogP contribution is -2.53. The Balaban J connectivity index is 1.89. The van der Waals surface area contributed by atoms with E-state index >= 15 is 0 Å². The Kier molecular flexibility index (Phi) is 3.97. The molecule has 0 aliphatic carbocycles. The van der Waals surface area contributed by atoms with E-state index in [0.717, 1.165) is 32.7 Å². The molecule has 4 nitrogen and oxygen atoms in total. The van der Waals surface area contributed by atoms with Crippen LogP contribution in [0.3, 0.4) is 0 Å². The predicted molar refractivity (Wildman–Crippen MR) is 56.8 cm³/mol. The van der Waals surface area contributed by atoms with Crippen LogP contribution in [-0.2, 0) is 9.47 Å². The van der Waals surface area contributed by atoms with Gasteiger partial charge in [-0.15, -0.1) is 0 Å². The smallest absolute Gasteiger partial charge is 0.0936 e. The fourth-order valence-corrected chi connectivity index (χ4v) is 2.49. The number of aliphatic hydroxyl groups is 1. The van der Waals surface area contributed by atoms with Crippen LogP contribution in [-0.4, -0.2) is 61.2 Å². The predicted octanol–water partition coefficient (Wildman–Crippen LogP) is 0.247. The van der Waals surface area contributed by atoms with Crippen molar-refractivity contribution in [3.05, 3.63) is 0 Å². The molecule has 4 heteroatoms. The standard InChI is InChI=1S/C11H21NO3/c1-9-5-12(6-11(7-13)15-9)10-3-2-4-14-8-10/h9-11,13H,2-8H2,1H3. The number of morpholine rings is 1. The molecule has 88 valence electrons. The summed E-state index contributed by atoms with van der Waals surface area (Å²) < 4.78 is 11.1. The molecule has 2 saturated heterocycles. The van der Waals surface area contributed by atoms with Crippen LogP contribution in [0, 0.1) is 0 Å². The summed E-state index contributed by atoms with van der Waals surface area (Å²) in [6.07, 6.45) is 2.57. The van der Waals surface area contributed by atoms with E-state index in [1.165, 1.54) is 6.42 Å². The first kappa shape index (κ1) is 11.3. The lowest BCUT2D eigenvalue weighted by atomic mass is 10.1. The summed E-state index contributed by atoms with van der Waals surface area (Å²) in [5.41, 5.74) is 0. The largest absolute Gasteiger partial charge is 0.394 e. The number of hydrogen-bond donors (Lipinski definition) is 1. The van der Waals surface area contributed by atoms with Crippen molar-refractivity contribution in [2.24, 2.45) is 0 Å². The molecular weight excluding hydrogens is 194 g/mol. The Morgan fingerprint density at radius 3 is 2.93 bits per heavy atom. The summed E-state index contributed by atoms with van der Waals surface area (Å²) in [6, 6.07) is 0.527. The van der Waals surface area contributed by atoms with Crippen LogP contribution in [0.2, 0.25) is 0 Å². The minimum Gasteiger partial charge on any atom is -0.394 e. The minimum atomic E-state index is -0.0179. The average molecular weight is 215 g/mol. The van der Waals surface area contributed by atoms with Crippen LogP contribution in [0.5, 0.6) is 0 Å². The third kappa shape index (κ3) is 2.91. The van der Waals surface area contributed by atoms with E-state index in [4.69, 9.17) is 14.6 Å². The van der Waals surface area contributed by atoms with Gasteiger partial charge in [0, 0.05) is 25.7 Å². The van der Waals surface area contributed by atoms with Crippen LogP contribution in [0.15, 0.2) is 0 Å². The van der Waals surface area contributed by atoms with Gasteiger partial charge in [-0.1, -0.05) is 0 Å². The summed E-state index contributed by atoms with van der Waals surface area (Å²) >= 11 is 0. The summed E-state index contributed by atoms with van der Waals surface area (Å²) in [4.78, 5) is 2.41. The molecule has 2 aliphatic rings. The molecule has 2 rings (SSSR count). The molecule has 0 aromatic heterocycles. The third-order valence-electron chi connectivity index (χ3n) is 3.21. The summed E-state index contributed by atoms with van der Waals surface area (Å²) in [5, 5.41) is 9.14. The normalized spacial score (nSPS) is 39.2. The molecule has 0 saturated carbocycles. The van der Waals surface area contributed by atoms with Gasteiger partial charge in [0.2, 0.25) is 0 Å². The fourth-order valence-electron chi connectivity index (χ4n) is 2.49. The Labute approximate surface area is 91.2 Å². The van der Waals surface area contributed by atoms with Crippen molar-refractivity contribution in [3.63, 3.8) is 0 Å². The maximum atomic E-state index is 9.14. The van der Waals surface area contributed by atoms with E-state index in [1.54, 1.807) is 0 Å². The maximum Gasteiger partial charge on any atom is 0.0936 e. The van der Waals surface area contributed by atoms with E-state index in [0.29, 0.717) is 6.04 Å². The number of nitrogens with zero attached hydrogens (tertiary/aromatic N) is 1. The molecule has 15 heavy (non-hydrogen) atoms. The fraction of sp³-hybridized carbons (Fsp3) is 1.00. The van der Waals surface area contributed by atoms with Crippen LogP contribution in [0.4, 0.5) is 0 Å². The van der Waals surface area contributed by atoms with E-state index in [-0.39, 0.29) is 18.8 Å². The lowest BCUT2D eigenvalue weighted by molar-refractivity contribution is -0.118. The second kappa shape index (κ2) is 5.25. The van der Waals surface area contributed by atoms with Gasteiger partial charge in [0.25, 0.3) is 0 Å². The minimum absolute atomic E-state index is 0.0179. The quantitative estimate of drug-likeness (QED) is 0.717. The Bertz CT molecular complexity index is 194. The van der Waals surface area contributed by atoms with E-state index in [1.807, 2.05) is 0 Å². The lowest BCUT2D eigenvalue weighted by Gasteiger charge is -2.41. The molecule has 0 bridgehead atoms. The second-order valence-corrected chi connectivity index (χ2v) is 4.58. The number of rotatable bonds is 2. The molecule has 3 unspecified atom stereocenters. The highest BCUT2D eigenvalue weighted by molar-refractivity contribution is 4.82. The maximum absolute atomic E-state index is 9.14. The zero-order valence-corrected chi connectivity index (χ0v) is 9.39. The Morgan fingerprint density at radius 1 is 1.40 bits per heavy atom. The van der Waals surface area contributed by atoms with E-state index in [2.05, 4.69) is 11.8 Å². The van der Waals surface area contributed by atoms with Gasteiger partial charge in [-0.25, -0.2) is 0 Å². The van der Waals surface area contributed by atoms with Gasteiger partial charge in [0.15, 0.2) is 0 Å². The highest BCUT2D eigenvalue weighted by Gasteiger charge is 2.30. The van der Waals surface area contributed by atoms with Gasteiger partial charge in [0.1, 0.15) is 0 Å². The molecule has 1 N–H and O–H groups in total. The van der Waals surface area contributed by atoms with Crippen LogP contribution >= 0.6 is 0 Å². The van der Waals surface area contributed by atoms with Crippen LogP contribution in [0.25, 0.3) is 0 Å². The van der Waals surface area contributed by atoms with Crippen molar-refractivity contribution in [3.8, 4) is 0 Å². The molecule has 0 spiro atoms. The van der Waals surface area contributed by atoms with Gasteiger partial charge in [-0.2, -0.15) is 0 Å². The van der Waals surface area contributed by atoms with Crippen molar-refractivity contribution < 1.29 is 14.6 Å². The topological polar surface area (TPSA) is 41.9 Å². The van der Waals surface area contributed by atoms with Crippen molar-refractivity contribution >= 4 is 0 Å². The highest BCUT2D eigenvalue weighted by Crippen LogP contribution is 2.19. The monoisotopic (exact) mass is 215 g/mol. The van der Waals surface area contributed by atoms with Gasteiger partial charge >= 0.3 is 0 Å². The SMILES string of the molecule is CC1CN(C2CCCOC2)CC(CO)O1.